The predicted octanol–water partition coefficient (Wildman–Crippen LogP) is 5.53. The fourth-order valence-electron chi connectivity index (χ4n) is 3.06. The monoisotopic (exact) mass is 377 g/mol. The summed E-state index contributed by atoms with van der Waals surface area (Å²) in [5.41, 5.74) is 3.26. The summed E-state index contributed by atoms with van der Waals surface area (Å²) in [5.74, 6) is -0.251. The van der Waals surface area contributed by atoms with E-state index in [0.29, 0.717) is 0 Å². The number of carbonyl (C=O) groups excluding carboxylic acids is 1. The maximum absolute atomic E-state index is 12.5. The summed E-state index contributed by atoms with van der Waals surface area (Å²) < 4.78 is 5.53. The van der Waals surface area contributed by atoms with Gasteiger partial charge in [-0.25, -0.2) is 5.06 Å². The third-order valence-electron chi connectivity index (χ3n) is 4.28. The molecule has 1 atom stereocenters. The van der Waals surface area contributed by atoms with E-state index in [1.807, 2.05) is 101 Å². The lowest BCUT2D eigenvalue weighted by Crippen LogP contribution is -2.24. The first-order valence-corrected chi connectivity index (χ1v) is 9.53. The van der Waals surface area contributed by atoms with Crippen LogP contribution in [0.3, 0.4) is 0 Å². The zero-order valence-corrected chi connectivity index (χ0v) is 16.9. The van der Waals surface area contributed by atoms with Crippen molar-refractivity contribution in [3.05, 3.63) is 83.6 Å². The molecule has 0 amide bonds. The summed E-state index contributed by atoms with van der Waals surface area (Å²) in [6, 6.07) is 19.9. The van der Waals surface area contributed by atoms with E-state index >= 15 is 0 Å². The molecule has 4 nitrogen and oxygen atoms in total. The van der Waals surface area contributed by atoms with E-state index in [2.05, 4.69) is 0 Å². The number of para-hydroxylation sites is 1. The van der Waals surface area contributed by atoms with Crippen molar-refractivity contribution in [3.63, 3.8) is 0 Å². The van der Waals surface area contributed by atoms with Crippen molar-refractivity contribution in [2.45, 2.75) is 45.8 Å². The number of hydrogen-bond donors (Lipinski definition) is 0. The average Bonchev–Trinajstić information content (AvgIpc) is 2.96. The highest BCUT2D eigenvalue weighted by atomic mass is 16.7. The molecule has 0 N–H and O–H groups in total. The topological polar surface area (TPSA) is 38.8 Å². The molecule has 1 aliphatic heterocycles. The Balaban J connectivity index is 1.95. The Labute approximate surface area is 167 Å². The molecule has 0 bridgehead atoms. The van der Waals surface area contributed by atoms with Gasteiger partial charge in [-0.2, -0.15) is 0 Å². The molecular formula is C24H27NO3. The van der Waals surface area contributed by atoms with E-state index in [1.165, 1.54) is 0 Å². The molecule has 0 fully saturated rings. The number of hydrogen-bond acceptors (Lipinski definition) is 4. The second kappa shape index (κ2) is 8.44. The Morgan fingerprint density at radius 3 is 2.25 bits per heavy atom. The molecule has 3 rings (SSSR count). The van der Waals surface area contributed by atoms with Crippen molar-refractivity contribution < 1.29 is 14.4 Å². The standard InChI is InChI=1S/C24H27NO3/c1-18-21(17-23(26)27-24(2,3)4)22(16-15-19-11-7-5-8-12-19)25(28-18)20-13-9-6-10-14-20/h5-16,18H,17H2,1-4H3/b16-15+/t18-/m1/s1. The first kappa shape index (κ1) is 19.9. The number of allylic oxidation sites excluding steroid dienone is 1. The van der Waals surface area contributed by atoms with Gasteiger partial charge < -0.3 is 4.74 Å². The molecule has 0 saturated heterocycles. The van der Waals surface area contributed by atoms with Gasteiger partial charge >= 0.3 is 5.97 Å². The van der Waals surface area contributed by atoms with Crippen molar-refractivity contribution in [2.75, 3.05) is 5.06 Å². The van der Waals surface area contributed by atoms with E-state index in [0.717, 1.165) is 22.5 Å². The number of benzene rings is 2. The smallest absolute Gasteiger partial charge is 0.310 e. The van der Waals surface area contributed by atoms with Crippen molar-refractivity contribution in [1.82, 2.24) is 0 Å². The molecule has 0 unspecified atom stereocenters. The number of rotatable bonds is 5. The highest BCUT2D eigenvalue weighted by Gasteiger charge is 2.32. The minimum absolute atomic E-state index is 0.191. The lowest BCUT2D eigenvalue weighted by Gasteiger charge is -2.20. The van der Waals surface area contributed by atoms with Crippen LogP contribution in [0, 0.1) is 0 Å². The maximum Gasteiger partial charge on any atom is 0.310 e. The Morgan fingerprint density at radius 1 is 1.04 bits per heavy atom. The van der Waals surface area contributed by atoms with Crippen LogP contribution in [0.15, 0.2) is 78.0 Å². The maximum atomic E-state index is 12.5. The summed E-state index contributed by atoms with van der Waals surface area (Å²) in [7, 11) is 0. The molecule has 146 valence electrons. The number of carbonyl (C=O) groups is 1. The van der Waals surface area contributed by atoms with Gasteiger partial charge in [-0.3, -0.25) is 9.63 Å². The van der Waals surface area contributed by atoms with Gasteiger partial charge in [-0.1, -0.05) is 54.6 Å². The van der Waals surface area contributed by atoms with Crippen molar-refractivity contribution in [2.24, 2.45) is 0 Å². The van der Waals surface area contributed by atoms with E-state index in [1.54, 1.807) is 5.06 Å². The summed E-state index contributed by atoms with van der Waals surface area (Å²) in [6.45, 7) is 7.58. The highest BCUT2D eigenvalue weighted by molar-refractivity contribution is 5.75. The van der Waals surface area contributed by atoms with Gasteiger partial charge in [0, 0.05) is 0 Å². The summed E-state index contributed by atoms with van der Waals surface area (Å²) >= 11 is 0. The van der Waals surface area contributed by atoms with Crippen LogP contribution in [0.2, 0.25) is 0 Å². The first-order chi connectivity index (χ1) is 13.3. The molecule has 0 aromatic heterocycles. The molecule has 0 radical (unpaired) electrons. The zero-order valence-electron chi connectivity index (χ0n) is 16.9. The Bertz CT molecular complexity index is 864. The first-order valence-electron chi connectivity index (χ1n) is 9.53. The molecule has 2 aromatic rings. The normalized spacial score (nSPS) is 17.4. The Kier molecular flexibility index (Phi) is 6.00. The molecule has 1 heterocycles. The van der Waals surface area contributed by atoms with Gasteiger partial charge in [0.2, 0.25) is 0 Å². The SMILES string of the molecule is C[C@H]1ON(c2ccccc2)C(/C=C/c2ccccc2)=C1CC(=O)OC(C)(C)C. The van der Waals surface area contributed by atoms with Crippen LogP contribution >= 0.6 is 0 Å². The van der Waals surface area contributed by atoms with Crippen molar-refractivity contribution in [1.29, 1.82) is 0 Å². The predicted molar refractivity (Wildman–Crippen MR) is 112 cm³/mol. The van der Waals surface area contributed by atoms with E-state index in [4.69, 9.17) is 9.57 Å². The van der Waals surface area contributed by atoms with Crippen LogP contribution in [-0.4, -0.2) is 17.7 Å². The summed E-state index contributed by atoms with van der Waals surface area (Å²) in [6.07, 6.45) is 4.01. The number of hydroxylamine groups is 1. The lowest BCUT2D eigenvalue weighted by atomic mass is 10.0. The molecule has 1 aliphatic rings. The molecular weight excluding hydrogens is 350 g/mol. The minimum Gasteiger partial charge on any atom is -0.460 e. The van der Waals surface area contributed by atoms with Crippen LogP contribution in [-0.2, 0) is 14.4 Å². The lowest BCUT2D eigenvalue weighted by molar-refractivity contribution is -0.154. The number of ether oxygens (including phenoxy) is 1. The van der Waals surface area contributed by atoms with Crippen LogP contribution in [0.1, 0.15) is 39.7 Å². The fourth-order valence-corrected chi connectivity index (χ4v) is 3.06. The molecule has 0 aliphatic carbocycles. The van der Waals surface area contributed by atoms with Gasteiger partial charge in [0.25, 0.3) is 0 Å². The minimum atomic E-state index is -0.514. The molecule has 0 spiro atoms. The molecule has 0 saturated carbocycles. The highest BCUT2D eigenvalue weighted by Crippen LogP contribution is 2.34. The van der Waals surface area contributed by atoms with Crippen LogP contribution in [0.5, 0.6) is 0 Å². The fraction of sp³-hybridized carbons (Fsp3) is 0.292. The van der Waals surface area contributed by atoms with Gasteiger partial charge in [-0.15, -0.1) is 0 Å². The van der Waals surface area contributed by atoms with Gasteiger partial charge in [0.1, 0.15) is 11.7 Å². The zero-order chi connectivity index (χ0) is 20.1. The van der Waals surface area contributed by atoms with E-state index in [-0.39, 0.29) is 18.5 Å². The average molecular weight is 377 g/mol. The van der Waals surface area contributed by atoms with Crippen molar-refractivity contribution >= 4 is 17.7 Å². The van der Waals surface area contributed by atoms with Gasteiger partial charge in [0.05, 0.1) is 17.8 Å². The third-order valence-corrected chi connectivity index (χ3v) is 4.28. The second-order valence-corrected chi connectivity index (χ2v) is 7.80. The van der Waals surface area contributed by atoms with Crippen molar-refractivity contribution in [3.8, 4) is 0 Å². The van der Waals surface area contributed by atoms with Crippen LogP contribution in [0.25, 0.3) is 6.08 Å². The molecule has 2 aromatic carbocycles. The molecule has 4 heteroatoms. The van der Waals surface area contributed by atoms with Crippen LogP contribution in [0.4, 0.5) is 5.69 Å². The summed E-state index contributed by atoms with van der Waals surface area (Å²) in [5, 5.41) is 1.80. The Morgan fingerprint density at radius 2 is 1.64 bits per heavy atom. The van der Waals surface area contributed by atoms with Gasteiger partial charge in [-0.05, 0) is 57.0 Å². The number of nitrogens with zero attached hydrogens (tertiary/aromatic N) is 1. The quantitative estimate of drug-likeness (QED) is 0.643. The summed E-state index contributed by atoms with van der Waals surface area (Å²) in [4.78, 5) is 18.6. The van der Waals surface area contributed by atoms with E-state index < -0.39 is 5.60 Å². The largest absolute Gasteiger partial charge is 0.460 e. The number of anilines is 1. The van der Waals surface area contributed by atoms with Gasteiger partial charge in [0.15, 0.2) is 0 Å². The van der Waals surface area contributed by atoms with Crippen LogP contribution < -0.4 is 5.06 Å². The number of esters is 1. The Hall–Kier alpha value is -2.85. The van der Waals surface area contributed by atoms with E-state index in [9.17, 15) is 4.79 Å². The third kappa shape index (κ3) is 5.11. The second-order valence-electron chi connectivity index (χ2n) is 7.80. The molecule has 28 heavy (non-hydrogen) atoms.